The van der Waals surface area contributed by atoms with Crippen molar-refractivity contribution in [3.63, 3.8) is 0 Å². The van der Waals surface area contributed by atoms with E-state index in [1.165, 1.54) is 25.7 Å². The average molecular weight is 950 g/mol. The second kappa shape index (κ2) is 32.8. The van der Waals surface area contributed by atoms with Crippen LogP contribution in [0, 0.1) is 0 Å². The minimum Gasteiger partial charge on any atom is -0.394 e. The summed E-state index contributed by atoms with van der Waals surface area (Å²) in [5, 5.41) is 119. The third-order valence-electron chi connectivity index (χ3n) is 12.2. The lowest BCUT2D eigenvalue weighted by Gasteiger charge is -2.48. The molecular weight excluding hydrogens is 867 g/mol. The van der Waals surface area contributed by atoms with Crippen molar-refractivity contribution in [1.82, 2.24) is 5.32 Å². The predicted molar refractivity (Wildman–Crippen MR) is 240 cm³/mol. The van der Waals surface area contributed by atoms with Gasteiger partial charge in [-0.25, -0.2) is 0 Å². The summed E-state index contributed by atoms with van der Waals surface area (Å²) in [6.45, 7) is 1.51. The molecule has 19 heteroatoms. The molecule has 12 N–H and O–H groups in total. The second-order valence-corrected chi connectivity index (χ2v) is 17.6. The first-order chi connectivity index (χ1) is 31.8. The van der Waals surface area contributed by atoms with Gasteiger partial charge in [-0.3, -0.25) is 4.79 Å². The lowest BCUT2D eigenvalue weighted by Crippen LogP contribution is -2.66. The summed E-state index contributed by atoms with van der Waals surface area (Å²) in [4.78, 5) is 13.1. The van der Waals surface area contributed by atoms with E-state index in [4.69, 9.17) is 28.4 Å². The fourth-order valence-electron chi connectivity index (χ4n) is 8.04. The summed E-state index contributed by atoms with van der Waals surface area (Å²) >= 11 is 0. The van der Waals surface area contributed by atoms with Gasteiger partial charge in [-0.05, 0) is 51.4 Å². The molecule has 17 unspecified atom stereocenters. The Labute approximate surface area is 390 Å². The number of aliphatic hydroxyl groups excluding tert-OH is 11. The molecule has 3 aliphatic heterocycles. The second-order valence-electron chi connectivity index (χ2n) is 17.6. The Balaban J connectivity index is 1.52. The van der Waals surface area contributed by atoms with E-state index < -0.39 is 124 Å². The number of hydrogen-bond acceptors (Lipinski definition) is 18. The van der Waals surface area contributed by atoms with Gasteiger partial charge in [-0.15, -0.1) is 0 Å². The van der Waals surface area contributed by atoms with Crippen molar-refractivity contribution in [3.8, 4) is 0 Å². The van der Waals surface area contributed by atoms with Crippen LogP contribution in [0.5, 0.6) is 0 Å². The predicted octanol–water partition coefficient (Wildman–Crippen LogP) is 0.637. The monoisotopic (exact) mass is 950 g/mol. The lowest BCUT2D eigenvalue weighted by molar-refractivity contribution is -0.379. The van der Waals surface area contributed by atoms with E-state index in [9.17, 15) is 61.0 Å². The zero-order valence-corrected chi connectivity index (χ0v) is 38.9. The van der Waals surface area contributed by atoms with Crippen LogP contribution in [-0.2, 0) is 33.2 Å². The fourth-order valence-corrected chi connectivity index (χ4v) is 8.04. The van der Waals surface area contributed by atoms with E-state index in [0.29, 0.717) is 6.42 Å². The van der Waals surface area contributed by atoms with Gasteiger partial charge in [0.15, 0.2) is 18.9 Å². The van der Waals surface area contributed by atoms with Crippen LogP contribution in [0.3, 0.4) is 0 Å². The van der Waals surface area contributed by atoms with Gasteiger partial charge in [0.25, 0.3) is 0 Å². The van der Waals surface area contributed by atoms with E-state index in [-0.39, 0.29) is 18.9 Å². The molecule has 3 aliphatic rings. The highest BCUT2D eigenvalue weighted by Gasteiger charge is 2.53. The quantitative estimate of drug-likeness (QED) is 0.0325. The molecule has 0 radical (unpaired) electrons. The number of ether oxygens (including phenoxy) is 6. The van der Waals surface area contributed by atoms with Crippen molar-refractivity contribution in [2.45, 2.75) is 227 Å². The number of carbonyl (C=O) groups is 1. The van der Waals surface area contributed by atoms with Gasteiger partial charge in [0.1, 0.15) is 73.2 Å². The van der Waals surface area contributed by atoms with Crippen LogP contribution in [-0.4, -0.2) is 193 Å². The molecule has 1 amide bonds. The van der Waals surface area contributed by atoms with Gasteiger partial charge >= 0.3 is 0 Å². The number of aliphatic hydroxyl groups is 11. The van der Waals surface area contributed by atoms with E-state index in [1.54, 1.807) is 6.08 Å². The number of hydrogen-bond donors (Lipinski definition) is 12. The zero-order valence-electron chi connectivity index (χ0n) is 38.9. The van der Waals surface area contributed by atoms with Crippen LogP contribution in [0.25, 0.3) is 0 Å². The largest absolute Gasteiger partial charge is 0.394 e. The number of amides is 1. The van der Waals surface area contributed by atoms with E-state index in [1.807, 2.05) is 6.08 Å². The lowest BCUT2D eigenvalue weighted by atomic mass is 9.96. The third kappa shape index (κ3) is 19.1. The molecule has 3 rings (SSSR count). The molecule has 0 bridgehead atoms. The number of allylic oxidation sites excluding steroid dienone is 5. The fraction of sp³-hybridized carbons (Fsp3) is 0.851. The normalized spacial score (nSPS) is 34.1. The van der Waals surface area contributed by atoms with Gasteiger partial charge in [-0.2, -0.15) is 0 Å². The number of carbonyl (C=O) groups excluding carboxylic acids is 1. The smallest absolute Gasteiger partial charge is 0.220 e. The molecule has 0 aliphatic carbocycles. The molecular formula is C47H83NO18. The average Bonchev–Trinajstić information content (AvgIpc) is 3.31. The number of nitrogens with one attached hydrogen (secondary N) is 1. The van der Waals surface area contributed by atoms with Crippen LogP contribution in [0.2, 0.25) is 0 Å². The van der Waals surface area contributed by atoms with Crippen molar-refractivity contribution < 1.29 is 89.4 Å². The Hall–Kier alpha value is -1.99. The molecule has 19 nitrogen and oxygen atoms in total. The SMILES string of the molecule is CCCCC/C=C/C(O)C(COC1OC(CO)C(OC2OC(CO)C(OC3OC(CO)C(O)C(O)C3O)C(O)C2O)C(O)C1O)NC(=O)CCCCCCC/C=C\C/C=C\CCCCCC. The Bertz CT molecular complexity index is 1370. The third-order valence-corrected chi connectivity index (χ3v) is 12.2. The Morgan fingerprint density at radius 3 is 1.58 bits per heavy atom. The molecule has 17 atom stereocenters. The van der Waals surface area contributed by atoms with Gasteiger partial charge in [-0.1, -0.05) is 102 Å². The first-order valence-electron chi connectivity index (χ1n) is 24.2. The van der Waals surface area contributed by atoms with Crippen LogP contribution in [0.15, 0.2) is 36.5 Å². The molecule has 0 spiro atoms. The highest BCUT2D eigenvalue weighted by Crippen LogP contribution is 2.33. The summed E-state index contributed by atoms with van der Waals surface area (Å²) in [7, 11) is 0. The van der Waals surface area contributed by atoms with Gasteiger partial charge in [0, 0.05) is 6.42 Å². The standard InChI is InChI=1S/C47H83NO18/c1-3-5-7-9-10-11-12-13-14-15-16-17-18-19-21-23-25-35(53)48-30(31(52)24-22-20-8-6-4-2)29-61-45-41(59)38(56)43(33(27-50)63-45)66-47-42(60)39(57)44(34(28-51)64-47)65-46-40(58)37(55)36(54)32(26-49)62-46/h11-12,14-15,22,24,30-34,36-47,49-52,54-60H,3-10,13,16-21,23,25-29H2,1-2H3,(H,48,53)/b12-11-,15-14-,24-22+. The van der Waals surface area contributed by atoms with E-state index >= 15 is 0 Å². The molecule has 0 saturated carbocycles. The molecule has 3 fully saturated rings. The molecule has 384 valence electrons. The van der Waals surface area contributed by atoms with Gasteiger partial charge in [0.2, 0.25) is 5.91 Å². The molecule has 3 heterocycles. The molecule has 0 aromatic heterocycles. The maximum absolute atomic E-state index is 13.1. The van der Waals surface area contributed by atoms with Crippen LogP contribution in [0.4, 0.5) is 0 Å². The maximum atomic E-state index is 13.1. The Morgan fingerprint density at radius 1 is 0.545 bits per heavy atom. The maximum Gasteiger partial charge on any atom is 0.220 e. The molecule has 66 heavy (non-hydrogen) atoms. The highest BCUT2D eigenvalue weighted by molar-refractivity contribution is 5.76. The summed E-state index contributed by atoms with van der Waals surface area (Å²) in [6.07, 6.45) is 2.22. The van der Waals surface area contributed by atoms with Gasteiger partial charge in [0.05, 0.1) is 38.6 Å². The first kappa shape index (κ1) is 58.3. The van der Waals surface area contributed by atoms with Crippen LogP contribution >= 0.6 is 0 Å². The molecule has 0 aromatic rings. The van der Waals surface area contributed by atoms with Gasteiger partial charge < -0.3 is 89.9 Å². The summed E-state index contributed by atoms with van der Waals surface area (Å²) < 4.78 is 33.9. The van der Waals surface area contributed by atoms with Crippen molar-refractivity contribution in [2.24, 2.45) is 0 Å². The molecule has 0 aromatic carbocycles. The van der Waals surface area contributed by atoms with Crippen LogP contribution in [0.1, 0.15) is 123 Å². The van der Waals surface area contributed by atoms with E-state index in [0.717, 1.165) is 70.6 Å². The topological polar surface area (TPSA) is 307 Å². The van der Waals surface area contributed by atoms with E-state index in [2.05, 4.69) is 43.5 Å². The van der Waals surface area contributed by atoms with Crippen molar-refractivity contribution >= 4 is 5.91 Å². The van der Waals surface area contributed by atoms with Crippen LogP contribution < -0.4 is 5.32 Å². The highest BCUT2D eigenvalue weighted by atomic mass is 16.8. The minimum atomic E-state index is -1.98. The van der Waals surface area contributed by atoms with Crippen molar-refractivity contribution in [1.29, 1.82) is 0 Å². The summed E-state index contributed by atoms with van der Waals surface area (Å²) in [6, 6.07) is -0.974. The Kier molecular flexibility index (Phi) is 28.9. The number of rotatable bonds is 32. The first-order valence-corrected chi connectivity index (χ1v) is 24.2. The minimum absolute atomic E-state index is 0.225. The Morgan fingerprint density at radius 2 is 1.00 bits per heavy atom. The number of unbranched alkanes of at least 4 members (excludes halogenated alkanes) is 12. The van der Waals surface area contributed by atoms with Crippen molar-refractivity contribution in [2.75, 3.05) is 26.4 Å². The van der Waals surface area contributed by atoms with Crippen molar-refractivity contribution in [3.05, 3.63) is 36.5 Å². The zero-order chi connectivity index (χ0) is 48.4. The summed E-state index contributed by atoms with van der Waals surface area (Å²) in [5.41, 5.74) is 0. The molecule has 3 saturated heterocycles. The summed E-state index contributed by atoms with van der Waals surface area (Å²) in [5.74, 6) is -0.300.